The number of hydrogen-bond acceptors (Lipinski definition) is 2. The van der Waals surface area contributed by atoms with Gasteiger partial charge in [0.05, 0.1) is 0 Å². The van der Waals surface area contributed by atoms with Gasteiger partial charge < -0.3 is 5.73 Å². The van der Waals surface area contributed by atoms with Crippen LogP contribution in [0.1, 0.15) is 19.4 Å². The Labute approximate surface area is 115 Å². The largest absolute Gasteiger partial charge is 0.398 e. The quantitative estimate of drug-likeness (QED) is 0.831. The highest BCUT2D eigenvalue weighted by Crippen LogP contribution is 2.27. The van der Waals surface area contributed by atoms with Crippen molar-refractivity contribution in [3.63, 3.8) is 0 Å². The van der Waals surface area contributed by atoms with Gasteiger partial charge in [0.25, 0.3) is 0 Å². The summed E-state index contributed by atoms with van der Waals surface area (Å²) >= 11 is 0. The van der Waals surface area contributed by atoms with Gasteiger partial charge >= 0.3 is 0 Å². The Hall–Kier alpha value is -1.54. The molecule has 2 aromatic carbocycles. The second-order valence-corrected chi connectivity index (χ2v) is 6.05. The number of likely N-dealkylation sites (tertiary alicyclic amines) is 1. The average Bonchev–Trinajstić information content (AvgIpc) is 2.69. The van der Waals surface area contributed by atoms with E-state index in [0.717, 1.165) is 24.1 Å². The van der Waals surface area contributed by atoms with E-state index < -0.39 is 0 Å². The molecule has 1 heterocycles. The van der Waals surface area contributed by atoms with Crippen LogP contribution in [0.15, 0.2) is 36.4 Å². The molecule has 2 atom stereocenters. The molecular formula is C17H22N2. The summed E-state index contributed by atoms with van der Waals surface area (Å²) in [5, 5.41) is 2.51. The lowest BCUT2D eigenvalue weighted by molar-refractivity contribution is 0.317. The third-order valence-electron chi connectivity index (χ3n) is 4.47. The first kappa shape index (κ1) is 12.5. The molecule has 1 saturated heterocycles. The molecule has 3 rings (SSSR count). The number of nitrogen functional groups attached to an aromatic ring is 1. The first-order chi connectivity index (χ1) is 9.13. The molecule has 0 saturated carbocycles. The normalized spacial score (nSPS) is 24.1. The maximum atomic E-state index is 6.21. The summed E-state index contributed by atoms with van der Waals surface area (Å²) in [5.41, 5.74) is 8.39. The molecule has 2 N–H and O–H groups in total. The molecule has 100 valence electrons. The minimum absolute atomic E-state index is 0.793. The zero-order chi connectivity index (χ0) is 13.4. The standard InChI is InChI=1S/C17H22N2/c1-12-9-19(10-13(12)2)11-16-7-14-5-3-4-6-15(14)8-17(16)18/h3-8,12-13H,9-11,18H2,1-2H3. The molecule has 0 spiro atoms. The van der Waals surface area contributed by atoms with Crippen LogP contribution >= 0.6 is 0 Å². The van der Waals surface area contributed by atoms with Gasteiger partial charge in [0, 0.05) is 25.3 Å². The summed E-state index contributed by atoms with van der Waals surface area (Å²) in [7, 11) is 0. The van der Waals surface area contributed by atoms with E-state index in [-0.39, 0.29) is 0 Å². The molecule has 2 nitrogen and oxygen atoms in total. The monoisotopic (exact) mass is 254 g/mol. The second kappa shape index (κ2) is 4.86. The van der Waals surface area contributed by atoms with E-state index in [4.69, 9.17) is 5.73 Å². The molecule has 2 aromatic rings. The highest BCUT2D eigenvalue weighted by Gasteiger charge is 2.26. The third-order valence-corrected chi connectivity index (χ3v) is 4.47. The fourth-order valence-electron chi connectivity index (χ4n) is 3.06. The molecule has 0 aliphatic carbocycles. The van der Waals surface area contributed by atoms with Crippen LogP contribution < -0.4 is 5.73 Å². The van der Waals surface area contributed by atoms with Gasteiger partial charge in [0.15, 0.2) is 0 Å². The Bertz CT molecular complexity index is 581. The zero-order valence-corrected chi connectivity index (χ0v) is 11.8. The molecule has 0 radical (unpaired) electrons. The van der Waals surface area contributed by atoms with E-state index >= 15 is 0 Å². The topological polar surface area (TPSA) is 29.3 Å². The summed E-state index contributed by atoms with van der Waals surface area (Å²) in [6.45, 7) is 8.04. The van der Waals surface area contributed by atoms with Crippen molar-refractivity contribution in [2.24, 2.45) is 11.8 Å². The maximum absolute atomic E-state index is 6.21. The van der Waals surface area contributed by atoms with Gasteiger partial charge in [-0.15, -0.1) is 0 Å². The van der Waals surface area contributed by atoms with Gasteiger partial charge in [-0.25, -0.2) is 0 Å². The predicted molar refractivity (Wildman–Crippen MR) is 82.0 cm³/mol. The first-order valence-electron chi connectivity index (χ1n) is 7.13. The molecule has 1 aliphatic rings. The van der Waals surface area contributed by atoms with Gasteiger partial charge in [0.2, 0.25) is 0 Å². The molecular weight excluding hydrogens is 232 g/mol. The summed E-state index contributed by atoms with van der Waals surface area (Å²) < 4.78 is 0. The average molecular weight is 254 g/mol. The van der Waals surface area contributed by atoms with Crippen LogP contribution in [-0.2, 0) is 6.54 Å². The Morgan fingerprint density at radius 2 is 1.63 bits per heavy atom. The van der Waals surface area contributed by atoms with Crippen LogP contribution in [0.25, 0.3) is 10.8 Å². The molecule has 0 bridgehead atoms. The fourth-order valence-corrected chi connectivity index (χ4v) is 3.06. The molecule has 0 amide bonds. The molecule has 1 fully saturated rings. The van der Waals surface area contributed by atoms with Crippen molar-refractivity contribution < 1.29 is 0 Å². The lowest BCUT2D eigenvalue weighted by atomic mass is 10.0. The van der Waals surface area contributed by atoms with E-state index in [2.05, 4.69) is 55.1 Å². The number of nitrogens with zero attached hydrogens (tertiary/aromatic N) is 1. The molecule has 2 unspecified atom stereocenters. The smallest absolute Gasteiger partial charge is 0.0366 e. The van der Waals surface area contributed by atoms with Crippen molar-refractivity contribution in [2.75, 3.05) is 18.8 Å². The Kier molecular flexibility index (Phi) is 3.19. The number of rotatable bonds is 2. The van der Waals surface area contributed by atoms with Crippen molar-refractivity contribution in [1.29, 1.82) is 0 Å². The van der Waals surface area contributed by atoms with Crippen LogP contribution in [0, 0.1) is 11.8 Å². The molecule has 0 aromatic heterocycles. The van der Waals surface area contributed by atoms with E-state index in [1.807, 2.05) is 0 Å². The number of hydrogen-bond donors (Lipinski definition) is 1. The van der Waals surface area contributed by atoms with Crippen LogP contribution in [0.2, 0.25) is 0 Å². The van der Waals surface area contributed by atoms with Crippen molar-refractivity contribution in [1.82, 2.24) is 4.90 Å². The van der Waals surface area contributed by atoms with Gasteiger partial charge in [-0.3, -0.25) is 4.90 Å². The second-order valence-electron chi connectivity index (χ2n) is 6.05. The molecule has 19 heavy (non-hydrogen) atoms. The lowest BCUT2D eigenvalue weighted by Crippen LogP contribution is -2.20. The van der Waals surface area contributed by atoms with E-state index in [1.165, 1.54) is 29.4 Å². The summed E-state index contributed by atoms with van der Waals surface area (Å²) in [6, 6.07) is 12.8. The Morgan fingerprint density at radius 1 is 1.05 bits per heavy atom. The van der Waals surface area contributed by atoms with Gasteiger partial charge in [-0.05, 0) is 40.3 Å². The fraction of sp³-hybridized carbons (Fsp3) is 0.412. The predicted octanol–water partition coefficient (Wildman–Crippen LogP) is 3.51. The highest BCUT2D eigenvalue weighted by molar-refractivity contribution is 5.86. The van der Waals surface area contributed by atoms with E-state index in [1.54, 1.807) is 0 Å². The van der Waals surface area contributed by atoms with Crippen LogP contribution in [0.4, 0.5) is 5.69 Å². The van der Waals surface area contributed by atoms with Gasteiger partial charge in [0.1, 0.15) is 0 Å². The minimum Gasteiger partial charge on any atom is -0.398 e. The Morgan fingerprint density at radius 3 is 2.26 bits per heavy atom. The molecule has 1 aliphatic heterocycles. The van der Waals surface area contributed by atoms with Gasteiger partial charge in [-0.1, -0.05) is 38.1 Å². The van der Waals surface area contributed by atoms with E-state index in [0.29, 0.717) is 0 Å². The third kappa shape index (κ3) is 2.45. The van der Waals surface area contributed by atoms with Crippen molar-refractivity contribution in [3.05, 3.63) is 42.0 Å². The summed E-state index contributed by atoms with van der Waals surface area (Å²) in [4.78, 5) is 2.52. The molecule has 2 heteroatoms. The van der Waals surface area contributed by atoms with Crippen molar-refractivity contribution in [3.8, 4) is 0 Å². The SMILES string of the molecule is CC1CN(Cc2cc3ccccc3cc2N)CC1C. The summed E-state index contributed by atoms with van der Waals surface area (Å²) in [5.74, 6) is 1.59. The first-order valence-corrected chi connectivity index (χ1v) is 7.13. The van der Waals surface area contributed by atoms with Crippen molar-refractivity contribution in [2.45, 2.75) is 20.4 Å². The van der Waals surface area contributed by atoms with Crippen molar-refractivity contribution >= 4 is 16.5 Å². The highest BCUT2D eigenvalue weighted by atomic mass is 15.1. The number of anilines is 1. The van der Waals surface area contributed by atoms with E-state index in [9.17, 15) is 0 Å². The van der Waals surface area contributed by atoms with Gasteiger partial charge in [-0.2, -0.15) is 0 Å². The lowest BCUT2D eigenvalue weighted by Gasteiger charge is -2.17. The zero-order valence-electron chi connectivity index (χ0n) is 11.8. The number of nitrogens with two attached hydrogens (primary N) is 1. The van der Waals surface area contributed by atoms with Crippen LogP contribution in [0.3, 0.4) is 0 Å². The minimum atomic E-state index is 0.793. The number of benzene rings is 2. The van der Waals surface area contributed by atoms with Crippen LogP contribution in [0.5, 0.6) is 0 Å². The maximum Gasteiger partial charge on any atom is 0.0366 e. The number of fused-ring (bicyclic) bond motifs is 1. The van der Waals surface area contributed by atoms with Crippen LogP contribution in [-0.4, -0.2) is 18.0 Å². The Balaban J connectivity index is 1.87. The summed E-state index contributed by atoms with van der Waals surface area (Å²) in [6.07, 6.45) is 0.